The second kappa shape index (κ2) is 7.52. The van der Waals surface area contributed by atoms with Crippen LogP contribution in [0.15, 0.2) is 30.6 Å². The number of hydrogen-bond acceptors (Lipinski definition) is 5. The fraction of sp³-hybridized carbons (Fsp3) is 0.400. The first kappa shape index (κ1) is 22.7. The van der Waals surface area contributed by atoms with E-state index in [1.165, 1.54) is 6.20 Å². The van der Waals surface area contributed by atoms with Crippen molar-refractivity contribution in [3.63, 3.8) is 0 Å². The van der Waals surface area contributed by atoms with Crippen molar-refractivity contribution < 1.29 is 31.6 Å². The van der Waals surface area contributed by atoms with E-state index in [4.69, 9.17) is 0 Å². The van der Waals surface area contributed by atoms with Gasteiger partial charge in [-0.15, -0.1) is 0 Å². The molecule has 12 heteroatoms. The van der Waals surface area contributed by atoms with Crippen molar-refractivity contribution in [1.29, 1.82) is 0 Å². The van der Waals surface area contributed by atoms with E-state index in [2.05, 4.69) is 20.3 Å². The number of H-pyrrole nitrogens is 1. The summed E-state index contributed by atoms with van der Waals surface area (Å²) in [6, 6.07) is 3.72. The number of para-hydroxylation sites is 1. The summed E-state index contributed by atoms with van der Waals surface area (Å²) in [6.45, 7) is 3.11. The third-order valence-electron chi connectivity index (χ3n) is 5.43. The number of anilines is 1. The van der Waals surface area contributed by atoms with Crippen LogP contribution in [-0.2, 0) is 10.7 Å². The molecule has 172 valence electrons. The number of halogens is 5. The Labute approximate surface area is 179 Å². The Morgan fingerprint density at radius 3 is 2.56 bits per heavy atom. The molecule has 2 aromatic heterocycles. The van der Waals surface area contributed by atoms with Gasteiger partial charge in [0.2, 0.25) is 5.95 Å². The van der Waals surface area contributed by atoms with Gasteiger partial charge in [-0.05, 0) is 19.4 Å². The van der Waals surface area contributed by atoms with Gasteiger partial charge in [0.05, 0.1) is 23.4 Å². The third-order valence-corrected chi connectivity index (χ3v) is 6.96. The van der Waals surface area contributed by atoms with Gasteiger partial charge >= 0.3 is 6.18 Å². The molecule has 0 spiro atoms. The van der Waals surface area contributed by atoms with E-state index in [0.29, 0.717) is 22.4 Å². The lowest BCUT2D eigenvalue weighted by Gasteiger charge is -2.18. The van der Waals surface area contributed by atoms with Crippen LogP contribution in [0.1, 0.15) is 18.4 Å². The molecular formula is C20H20F5N4O2P. The van der Waals surface area contributed by atoms with E-state index >= 15 is 0 Å². The average Bonchev–Trinajstić information content (AvgIpc) is 3.19. The molecular weight excluding hydrogens is 454 g/mol. The van der Waals surface area contributed by atoms with Crippen LogP contribution < -0.4 is 10.6 Å². The van der Waals surface area contributed by atoms with Crippen LogP contribution >= 0.6 is 7.14 Å². The lowest BCUT2D eigenvalue weighted by Crippen LogP contribution is -2.29. The van der Waals surface area contributed by atoms with E-state index in [0.717, 1.165) is 0 Å². The Morgan fingerprint density at radius 2 is 1.97 bits per heavy atom. The number of aromatic amines is 1. The van der Waals surface area contributed by atoms with Crippen LogP contribution in [0.25, 0.3) is 22.2 Å². The maximum absolute atomic E-state index is 13.7. The van der Waals surface area contributed by atoms with Crippen molar-refractivity contribution in [2.45, 2.75) is 37.1 Å². The van der Waals surface area contributed by atoms with Crippen molar-refractivity contribution >= 4 is 29.3 Å². The van der Waals surface area contributed by atoms with Crippen molar-refractivity contribution in [1.82, 2.24) is 15.0 Å². The van der Waals surface area contributed by atoms with Gasteiger partial charge in [-0.25, -0.2) is 18.7 Å². The van der Waals surface area contributed by atoms with Crippen molar-refractivity contribution in [3.05, 3.63) is 36.2 Å². The molecule has 4 rings (SSSR count). The molecule has 0 amide bonds. The maximum Gasteiger partial charge on any atom is 0.419 e. The normalized spacial score (nSPS) is 21.2. The second-order valence-electron chi connectivity index (χ2n) is 8.29. The van der Waals surface area contributed by atoms with E-state index in [-0.39, 0.29) is 11.5 Å². The molecule has 2 heterocycles. The van der Waals surface area contributed by atoms with Crippen LogP contribution in [0, 0.1) is 0 Å². The van der Waals surface area contributed by atoms with Crippen LogP contribution in [-0.4, -0.2) is 51.5 Å². The SMILES string of the molecule is CP(C)(=O)c1cccc2c(-c3nc(NC4CC(F)(F)CC4O)ncc3C(F)(F)F)c[nH]c12. The molecule has 6 nitrogen and oxygen atoms in total. The van der Waals surface area contributed by atoms with Gasteiger partial charge < -0.3 is 20.0 Å². The summed E-state index contributed by atoms with van der Waals surface area (Å²) in [4.78, 5) is 10.5. The van der Waals surface area contributed by atoms with Crippen LogP contribution in [0.5, 0.6) is 0 Å². The summed E-state index contributed by atoms with van der Waals surface area (Å²) in [5.41, 5.74) is -1.03. The van der Waals surface area contributed by atoms with Crippen LogP contribution in [0.2, 0.25) is 0 Å². The number of aromatic nitrogens is 3. The topological polar surface area (TPSA) is 90.9 Å². The predicted molar refractivity (Wildman–Crippen MR) is 111 cm³/mol. The Kier molecular flexibility index (Phi) is 5.33. The number of rotatable bonds is 4. The van der Waals surface area contributed by atoms with E-state index in [9.17, 15) is 31.6 Å². The highest BCUT2D eigenvalue weighted by Crippen LogP contribution is 2.42. The first-order chi connectivity index (χ1) is 14.8. The molecule has 3 aromatic rings. The summed E-state index contributed by atoms with van der Waals surface area (Å²) in [5, 5.41) is 13.3. The minimum Gasteiger partial charge on any atom is -0.391 e. The van der Waals surface area contributed by atoms with E-state index in [1.54, 1.807) is 31.5 Å². The molecule has 1 aliphatic rings. The smallest absolute Gasteiger partial charge is 0.391 e. The number of aliphatic hydroxyl groups is 1. The fourth-order valence-electron chi connectivity index (χ4n) is 3.95. The zero-order valence-electron chi connectivity index (χ0n) is 17.0. The predicted octanol–water partition coefficient (Wildman–Crippen LogP) is 4.46. The van der Waals surface area contributed by atoms with Gasteiger partial charge in [-0.3, -0.25) is 0 Å². The highest BCUT2D eigenvalue weighted by molar-refractivity contribution is 7.70. The Hall–Kier alpha value is -2.52. The van der Waals surface area contributed by atoms with Crippen molar-refractivity contribution in [3.8, 4) is 11.3 Å². The molecule has 2 atom stereocenters. The largest absolute Gasteiger partial charge is 0.419 e. The van der Waals surface area contributed by atoms with Gasteiger partial charge in [0.1, 0.15) is 12.7 Å². The van der Waals surface area contributed by atoms with Gasteiger partial charge in [-0.1, -0.05) is 12.1 Å². The second-order valence-corrected chi connectivity index (χ2v) is 11.5. The molecule has 32 heavy (non-hydrogen) atoms. The molecule has 1 saturated carbocycles. The van der Waals surface area contributed by atoms with Gasteiger partial charge in [0.25, 0.3) is 5.92 Å². The molecule has 1 aromatic carbocycles. The zero-order valence-corrected chi connectivity index (χ0v) is 17.9. The summed E-state index contributed by atoms with van der Waals surface area (Å²) in [6.07, 6.45) is -5.69. The highest BCUT2D eigenvalue weighted by Gasteiger charge is 2.46. The summed E-state index contributed by atoms with van der Waals surface area (Å²) >= 11 is 0. The molecule has 0 bridgehead atoms. The number of alkyl halides is 5. The van der Waals surface area contributed by atoms with E-state index < -0.39 is 55.5 Å². The van der Waals surface area contributed by atoms with Crippen molar-refractivity contribution in [2.24, 2.45) is 0 Å². The molecule has 0 saturated heterocycles. The van der Waals surface area contributed by atoms with Crippen molar-refractivity contribution in [2.75, 3.05) is 18.6 Å². The lowest BCUT2D eigenvalue weighted by molar-refractivity contribution is -0.137. The van der Waals surface area contributed by atoms with Crippen LogP contribution in [0.4, 0.5) is 27.9 Å². The minimum absolute atomic E-state index is 0.102. The quantitative estimate of drug-likeness (QED) is 0.384. The highest BCUT2D eigenvalue weighted by atomic mass is 31.2. The standard InChI is InChI=1S/C20H20F5N4O2P/c1-32(2,31)15-5-3-4-10-11(8-26-17(10)15)16-12(20(23,24)25)9-27-18(29-16)28-13-6-19(21,22)7-14(13)30/h3-5,8-9,13-14,26,30H,6-7H2,1-2H3,(H,27,28,29). The van der Waals surface area contributed by atoms with Gasteiger partial charge in [0.15, 0.2) is 0 Å². The minimum atomic E-state index is -4.78. The first-order valence-corrected chi connectivity index (χ1v) is 12.3. The van der Waals surface area contributed by atoms with Gasteiger partial charge in [0, 0.05) is 41.5 Å². The van der Waals surface area contributed by atoms with Crippen LogP contribution in [0.3, 0.4) is 0 Å². The Bertz CT molecular complexity index is 1220. The molecule has 0 radical (unpaired) electrons. The summed E-state index contributed by atoms with van der Waals surface area (Å²) < 4.78 is 80.9. The number of benzene rings is 1. The number of aliphatic hydroxyl groups excluding tert-OH is 1. The number of fused-ring (bicyclic) bond motifs is 1. The lowest BCUT2D eigenvalue weighted by atomic mass is 10.1. The Morgan fingerprint density at radius 1 is 1.25 bits per heavy atom. The summed E-state index contributed by atoms with van der Waals surface area (Å²) in [7, 11) is -2.73. The maximum atomic E-state index is 13.7. The third kappa shape index (κ3) is 4.23. The fourth-order valence-corrected chi connectivity index (χ4v) is 5.12. The zero-order chi connectivity index (χ0) is 23.5. The average molecular weight is 474 g/mol. The summed E-state index contributed by atoms with van der Waals surface area (Å²) in [5.74, 6) is -3.40. The first-order valence-electron chi connectivity index (χ1n) is 9.69. The van der Waals surface area contributed by atoms with E-state index in [1.807, 2.05) is 0 Å². The molecule has 0 aliphatic heterocycles. The Balaban J connectivity index is 1.83. The van der Waals surface area contributed by atoms with Gasteiger partial charge in [-0.2, -0.15) is 13.2 Å². The number of hydrogen-bond donors (Lipinski definition) is 3. The molecule has 3 N–H and O–H groups in total. The molecule has 2 unspecified atom stereocenters. The molecule has 1 fully saturated rings. The number of nitrogens with zero attached hydrogens (tertiary/aromatic N) is 2. The number of nitrogens with one attached hydrogen (secondary N) is 2. The monoisotopic (exact) mass is 474 g/mol. The molecule has 1 aliphatic carbocycles.